The average Bonchev–Trinajstić information content (AvgIpc) is 3.41. The van der Waals surface area contributed by atoms with Crippen LogP contribution in [0.5, 0.6) is 0 Å². The minimum Gasteiger partial charge on any atom is -0.465 e. The normalized spacial score (nSPS) is 12.6. The van der Waals surface area contributed by atoms with Crippen molar-refractivity contribution >= 4 is 57.4 Å². The highest BCUT2D eigenvalue weighted by Crippen LogP contribution is 2.29. The highest BCUT2D eigenvalue weighted by atomic mass is 33.1. The number of unbranched alkanes of at least 4 members (excludes halogenated alkanes) is 16. The molecule has 0 unspecified atom stereocenters. The second-order valence-electron chi connectivity index (χ2n) is 21.2. The van der Waals surface area contributed by atoms with E-state index in [1.807, 2.05) is 21.6 Å². The van der Waals surface area contributed by atoms with Crippen molar-refractivity contribution in [2.75, 3.05) is 104 Å². The molecule has 0 saturated carbocycles. The second-order valence-corrected chi connectivity index (χ2v) is 23.9. The summed E-state index contributed by atoms with van der Waals surface area (Å²) in [6.45, 7) is 0.405. The molecule has 0 aromatic heterocycles. The number of hydrogen-bond acceptors (Lipinski definition) is 22. The van der Waals surface area contributed by atoms with E-state index in [1.54, 1.807) is 0 Å². The minimum atomic E-state index is -1.63. The first kappa shape index (κ1) is 71.2. The molecular formula is C52H94O20S2. The average molecular weight is 1100 g/mol. The van der Waals surface area contributed by atoms with E-state index in [0.29, 0.717) is 12.8 Å². The van der Waals surface area contributed by atoms with Crippen molar-refractivity contribution in [1.29, 1.82) is 0 Å². The third kappa shape index (κ3) is 26.5. The molecule has 0 spiro atoms. The summed E-state index contributed by atoms with van der Waals surface area (Å²) in [4.78, 5) is 76.6. The van der Waals surface area contributed by atoms with Crippen LogP contribution in [0, 0.1) is 32.5 Å². The van der Waals surface area contributed by atoms with Crippen molar-refractivity contribution in [1.82, 2.24) is 0 Å². The molecule has 20 nitrogen and oxygen atoms in total. The molecule has 0 atom stereocenters. The maximum atomic E-state index is 13.2. The lowest BCUT2D eigenvalue weighted by atomic mass is 9.90. The quantitative estimate of drug-likeness (QED) is 0.0178. The molecule has 74 heavy (non-hydrogen) atoms. The summed E-state index contributed by atoms with van der Waals surface area (Å²) in [5.74, 6) is -3.06. The molecule has 0 rings (SSSR count). The molecule has 0 radical (unpaired) electrons. The summed E-state index contributed by atoms with van der Waals surface area (Å²) in [7, 11) is 3.88. The van der Waals surface area contributed by atoms with Gasteiger partial charge in [-0.1, -0.05) is 111 Å². The van der Waals surface area contributed by atoms with Crippen LogP contribution in [0.25, 0.3) is 0 Å². The Kier molecular flexibility index (Phi) is 37.2. The van der Waals surface area contributed by atoms with Crippen molar-refractivity contribution in [2.45, 2.75) is 157 Å². The van der Waals surface area contributed by atoms with Crippen molar-refractivity contribution in [2.24, 2.45) is 32.5 Å². The molecule has 0 amide bonds. The molecule has 0 heterocycles. The summed E-state index contributed by atoms with van der Waals surface area (Å²) in [6.07, 6.45) is 18.8. The zero-order chi connectivity index (χ0) is 56.2. The van der Waals surface area contributed by atoms with Gasteiger partial charge in [0, 0.05) is 11.5 Å². The van der Waals surface area contributed by atoms with Gasteiger partial charge in [-0.15, -0.1) is 0 Å². The third-order valence-corrected chi connectivity index (χ3v) is 15.7. The van der Waals surface area contributed by atoms with E-state index in [-0.39, 0.29) is 13.2 Å². The summed E-state index contributed by atoms with van der Waals surface area (Å²) >= 11 is 0. The lowest BCUT2D eigenvalue weighted by Crippen LogP contribution is -2.45. The van der Waals surface area contributed by atoms with Gasteiger partial charge in [0.2, 0.25) is 0 Å². The Labute approximate surface area is 447 Å². The number of hydrogen-bond donors (Lipinski definition) is 8. The molecule has 0 aliphatic rings. The number of rotatable bonds is 47. The summed E-state index contributed by atoms with van der Waals surface area (Å²) < 4.78 is 32.0. The molecule has 0 aliphatic heterocycles. The molecule has 0 saturated heterocycles. The Balaban J connectivity index is 4.20. The first-order chi connectivity index (χ1) is 35.0. The van der Waals surface area contributed by atoms with Gasteiger partial charge < -0.3 is 69.3 Å². The lowest BCUT2D eigenvalue weighted by molar-refractivity contribution is -0.181. The minimum absolute atomic E-state index is 0.110. The SMILES string of the molecule is CC(CO)(CO)C(=O)OCC(C)(COC(=O)C(C)(CO)CO)C(=O)OCCCCCCCCCCCSSCCCCCCCCCCCOC(=O)C(C)(COC(=O)C(C)(CO)CO)COC(=O)C(C)(CO)CO. The van der Waals surface area contributed by atoms with Gasteiger partial charge in [0.15, 0.2) is 0 Å². The summed E-state index contributed by atoms with van der Waals surface area (Å²) in [5.41, 5.74) is -9.68. The first-order valence-electron chi connectivity index (χ1n) is 26.2. The topological polar surface area (TPSA) is 320 Å². The van der Waals surface area contributed by atoms with Crippen molar-refractivity contribution in [3.05, 3.63) is 0 Å². The second kappa shape index (κ2) is 38.7. The smallest absolute Gasteiger partial charge is 0.318 e. The Morgan fingerprint density at radius 1 is 0.270 bits per heavy atom. The Bertz CT molecular complexity index is 1400. The standard InChI is InChI=1S/C52H94O20S2/c1-47(29-53,30-54)41(61)69-37-51(5,38-70-42(62)48(2,31-55)32-56)45(65)67-25-21-17-13-9-7-11-15-19-23-27-73-74-28-24-20-16-12-8-10-14-18-22-26-68-46(66)52(6,39-71-43(63)49(3,33-57)34-58)40-72-44(64)50(4,35-59)36-60/h53-60H,7-40H2,1-6H3. The molecule has 434 valence electrons. The predicted molar refractivity (Wildman–Crippen MR) is 279 cm³/mol. The highest BCUT2D eigenvalue weighted by molar-refractivity contribution is 8.76. The zero-order valence-corrected chi connectivity index (χ0v) is 47.0. The van der Waals surface area contributed by atoms with Crippen LogP contribution in [0.2, 0.25) is 0 Å². The fraction of sp³-hybridized carbons (Fsp3) is 0.885. The van der Waals surface area contributed by atoms with Gasteiger partial charge >= 0.3 is 35.8 Å². The van der Waals surface area contributed by atoms with Crippen LogP contribution < -0.4 is 0 Å². The fourth-order valence-electron chi connectivity index (χ4n) is 6.43. The molecule has 0 aliphatic carbocycles. The number of carbonyl (C=O) groups is 6. The van der Waals surface area contributed by atoms with Gasteiger partial charge in [-0.25, -0.2) is 0 Å². The van der Waals surface area contributed by atoms with Gasteiger partial charge in [-0.3, -0.25) is 28.8 Å². The monoisotopic (exact) mass is 1100 g/mol. The summed E-state index contributed by atoms with van der Waals surface area (Å²) in [5, 5.41) is 76.3. The van der Waals surface area contributed by atoms with E-state index in [4.69, 9.17) is 28.4 Å². The van der Waals surface area contributed by atoms with E-state index < -0.39 is 148 Å². The van der Waals surface area contributed by atoms with Crippen molar-refractivity contribution < 1.29 is 98.0 Å². The fourth-order valence-corrected chi connectivity index (χ4v) is 8.72. The van der Waals surface area contributed by atoms with E-state index >= 15 is 0 Å². The predicted octanol–water partition coefficient (Wildman–Crippen LogP) is 4.63. The number of carbonyl (C=O) groups excluding carboxylic acids is 6. The van der Waals surface area contributed by atoms with Crippen molar-refractivity contribution in [3.8, 4) is 0 Å². The van der Waals surface area contributed by atoms with Gasteiger partial charge in [-0.2, -0.15) is 0 Å². The molecule has 0 aromatic carbocycles. The van der Waals surface area contributed by atoms with Crippen LogP contribution in [-0.2, 0) is 57.2 Å². The van der Waals surface area contributed by atoms with Gasteiger partial charge in [0.1, 0.15) is 58.9 Å². The number of aliphatic hydroxyl groups excluding tert-OH is 8. The molecule has 0 aromatic rings. The highest BCUT2D eigenvalue weighted by Gasteiger charge is 2.45. The first-order valence-corrected chi connectivity index (χ1v) is 28.7. The lowest BCUT2D eigenvalue weighted by Gasteiger charge is -2.30. The van der Waals surface area contributed by atoms with Crippen LogP contribution in [0.4, 0.5) is 0 Å². The third-order valence-electron chi connectivity index (χ3n) is 13.1. The Morgan fingerprint density at radius 2 is 0.446 bits per heavy atom. The molecular weight excluding hydrogens is 1010 g/mol. The van der Waals surface area contributed by atoms with Crippen LogP contribution in [-0.4, -0.2) is 181 Å². The van der Waals surface area contributed by atoms with Gasteiger partial charge in [0.25, 0.3) is 0 Å². The molecule has 0 fully saturated rings. The summed E-state index contributed by atoms with van der Waals surface area (Å²) in [6, 6.07) is 0. The van der Waals surface area contributed by atoms with Crippen LogP contribution >= 0.6 is 21.6 Å². The molecule has 0 bridgehead atoms. The Morgan fingerprint density at radius 3 is 0.649 bits per heavy atom. The zero-order valence-electron chi connectivity index (χ0n) is 45.3. The van der Waals surface area contributed by atoms with E-state index in [1.165, 1.54) is 92.9 Å². The van der Waals surface area contributed by atoms with E-state index in [9.17, 15) is 69.6 Å². The number of esters is 6. The van der Waals surface area contributed by atoms with Crippen molar-refractivity contribution in [3.63, 3.8) is 0 Å². The molecule has 8 N–H and O–H groups in total. The Hall–Kier alpha value is -2.80. The molecule has 22 heteroatoms. The van der Waals surface area contributed by atoms with E-state index in [2.05, 4.69) is 0 Å². The van der Waals surface area contributed by atoms with Gasteiger partial charge in [0.05, 0.1) is 66.1 Å². The van der Waals surface area contributed by atoms with Gasteiger partial charge in [-0.05, 0) is 67.2 Å². The van der Waals surface area contributed by atoms with Crippen LogP contribution in [0.15, 0.2) is 0 Å². The number of ether oxygens (including phenoxy) is 6. The van der Waals surface area contributed by atoms with Crippen LogP contribution in [0.1, 0.15) is 157 Å². The largest absolute Gasteiger partial charge is 0.465 e. The van der Waals surface area contributed by atoms with Crippen LogP contribution in [0.3, 0.4) is 0 Å². The maximum absolute atomic E-state index is 13.2. The number of aliphatic hydroxyl groups is 8. The van der Waals surface area contributed by atoms with E-state index in [0.717, 1.165) is 62.9 Å². The maximum Gasteiger partial charge on any atom is 0.318 e.